The van der Waals surface area contributed by atoms with Crippen LogP contribution in [0.3, 0.4) is 0 Å². The number of nitrogens with one attached hydrogen (secondary N) is 1. The molecule has 1 fully saturated rings. The third-order valence-electron chi connectivity index (χ3n) is 3.29. The first kappa shape index (κ1) is 13.2. The molecule has 0 amide bonds. The van der Waals surface area contributed by atoms with Gasteiger partial charge in [-0.25, -0.2) is 13.1 Å². The Morgan fingerprint density at radius 3 is 2.72 bits per heavy atom. The van der Waals surface area contributed by atoms with Gasteiger partial charge in [-0.05, 0) is 36.5 Å². The summed E-state index contributed by atoms with van der Waals surface area (Å²) in [4.78, 5) is 0.0957. The van der Waals surface area contributed by atoms with Gasteiger partial charge in [-0.15, -0.1) is 0 Å². The minimum Gasteiger partial charge on any atom is -0.495 e. The highest BCUT2D eigenvalue weighted by atomic mass is 32.2. The van der Waals surface area contributed by atoms with Crippen LogP contribution in [-0.2, 0) is 10.0 Å². The summed E-state index contributed by atoms with van der Waals surface area (Å²) >= 11 is 0. The number of benzene rings is 1. The lowest BCUT2D eigenvalue weighted by atomic mass is 10.3. The molecule has 18 heavy (non-hydrogen) atoms. The summed E-state index contributed by atoms with van der Waals surface area (Å²) in [5, 5.41) is 0. The van der Waals surface area contributed by atoms with E-state index in [0.717, 1.165) is 6.42 Å². The van der Waals surface area contributed by atoms with Gasteiger partial charge in [0.2, 0.25) is 10.0 Å². The molecule has 1 aliphatic carbocycles. The van der Waals surface area contributed by atoms with Crippen LogP contribution in [0, 0.1) is 11.8 Å². The lowest BCUT2D eigenvalue weighted by Crippen LogP contribution is -2.26. The minimum atomic E-state index is -3.56. The molecular formula is C12H18N2O3S. The van der Waals surface area contributed by atoms with Gasteiger partial charge >= 0.3 is 0 Å². The third kappa shape index (κ3) is 2.76. The molecule has 0 spiro atoms. The summed E-state index contributed by atoms with van der Waals surface area (Å²) in [5.74, 6) is 1.36. The molecule has 1 saturated carbocycles. The average Bonchev–Trinajstić information content (AvgIpc) is 3.03. The lowest BCUT2D eigenvalue weighted by molar-refractivity contribution is 0.402. The second-order valence-electron chi connectivity index (χ2n) is 4.74. The van der Waals surface area contributed by atoms with Gasteiger partial charge in [-0.1, -0.05) is 6.92 Å². The molecule has 100 valence electrons. The maximum Gasteiger partial charge on any atom is 0.244 e. The van der Waals surface area contributed by atoms with Crippen LogP contribution in [0.25, 0.3) is 0 Å². The van der Waals surface area contributed by atoms with E-state index in [4.69, 9.17) is 10.5 Å². The van der Waals surface area contributed by atoms with Crippen molar-refractivity contribution in [3.63, 3.8) is 0 Å². The van der Waals surface area contributed by atoms with Crippen molar-refractivity contribution in [1.29, 1.82) is 0 Å². The van der Waals surface area contributed by atoms with Gasteiger partial charge in [-0.2, -0.15) is 0 Å². The highest BCUT2D eigenvalue weighted by Crippen LogP contribution is 2.37. The second-order valence-corrected chi connectivity index (χ2v) is 6.47. The number of anilines is 1. The molecule has 1 aromatic rings. The van der Waals surface area contributed by atoms with Crippen LogP contribution in [0.2, 0.25) is 0 Å². The van der Waals surface area contributed by atoms with Crippen LogP contribution in [-0.4, -0.2) is 22.1 Å². The Labute approximate surface area is 107 Å². The van der Waals surface area contributed by atoms with Crippen LogP contribution in [0.15, 0.2) is 23.1 Å². The van der Waals surface area contributed by atoms with Crippen molar-refractivity contribution in [1.82, 2.24) is 4.72 Å². The van der Waals surface area contributed by atoms with Crippen molar-refractivity contribution in [2.75, 3.05) is 19.4 Å². The van der Waals surface area contributed by atoms with Gasteiger partial charge in [0, 0.05) is 12.2 Å². The normalized spacial score (nSPS) is 22.8. The van der Waals surface area contributed by atoms with Crippen molar-refractivity contribution >= 4 is 15.7 Å². The molecule has 3 N–H and O–H groups in total. The van der Waals surface area contributed by atoms with E-state index < -0.39 is 10.0 Å². The molecule has 0 aromatic heterocycles. The second kappa shape index (κ2) is 4.78. The van der Waals surface area contributed by atoms with Gasteiger partial charge < -0.3 is 10.5 Å². The Kier molecular flexibility index (Phi) is 3.49. The summed E-state index contributed by atoms with van der Waals surface area (Å²) < 4.78 is 32.0. The van der Waals surface area contributed by atoms with E-state index in [9.17, 15) is 8.42 Å². The van der Waals surface area contributed by atoms with Gasteiger partial charge in [0.25, 0.3) is 0 Å². The molecule has 0 radical (unpaired) electrons. The van der Waals surface area contributed by atoms with E-state index in [1.165, 1.54) is 13.2 Å². The Balaban J connectivity index is 2.20. The molecule has 0 saturated heterocycles. The quantitative estimate of drug-likeness (QED) is 0.788. The predicted octanol–water partition coefficient (Wildman–Crippen LogP) is 1.21. The minimum absolute atomic E-state index is 0.0957. The fourth-order valence-electron chi connectivity index (χ4n) is 1.88. The summed E-state index contributed by atoms with van der Waals surface area (Å²) in [5.41, 5.74) is 6.02. The fourth-order valence-corrected chi connectivity index (χ4v) is 3.18. The van der Waals surface area contributed by atoms with E-state index in [2.05, 4.69) is 11.6 Å². The van der Waals surface area contributed by atoms with Crippen LogP contribution in [0.1, 0.15) is 13.3 Å². The fraction of sp³-hybridized carbons (Fsp3) is 0.500. The highest BCUT2D eigenvalue weighted by Gasteiger charge is 2.33. The van der Waals surface area contributed by atoms with E-state index in [0.29, 0.717) is 29.8 Å². The van der Waals surface area contributed by atoms with Gasteiger partial charge in [-0.3, -0.25) is 0 Å². The van der Waals surface area contributed by atoms with Crippen molar-refractivity contribution in [2.45, 2.75) is 18.2 Å². The van der Waals surface area contributed by atoms with Crippen molar-refractivity contribution < 1.29 is 13.2 Å². The van der Waals surface area contributed by atoms with E-state index in [1.54, 1.807) is 12.1 Å². The van der Waals surface area contributed by atoms with Crippen LogP contribution >= 0.6 is 0 Å². The molecule has 1 aromatic carbocycles. The first-order valence-corrected chi connectivity index (χ1v) is 7.35. The molecule has 0 heterocycles. The number of rotatable bonds is 5. The molecule has 0 bridgehead atoms. The largest absolute Gasteiger partial charge is 0.495 e. The number of nitrogens with two attached hydrogens (primary N) is 1. The Morgan fingerprint density at radius 1 is 1.50 bits per heavy atom. The Hall–Kier alpha value is -1.27. The summed E-state index contributed by atoms with van der Waals surface area (Å²) in [6.45, 7) is 2.58. The van der Waals surface area contributed by atoms with E-state index in [-0.39, 0.29) is 4.90 Å². The third-order valence-corrected chi connectivity index (χ3v) is 4.73. The summed E-state index contributed by atoms with van der Waals surface area (Å²) in [6.07, 6.45) is 1.08. The standard InChI is InChI=1S/C12H18N2O3S/c1-8-5-9(8)7-14-18(15,16)12-6-10(13)3-4-11(12)17-2/h3-4,6,8-9,14H,5,7,13H2,1-2H3. The average molecular weight is 270 g/mol. The zero-order valence-electron chi connectivity index (χ0n) is 10.5. The van der Waals surface area contributed by atoms with Crippen LogP contribution < -0.4 is 15.2 Å². The number of sulfonamides is 1. The number of hydrogen-bond acceptors (Lipinski definition) is 4. The first-order chi connectivity index (χ1) is 8.44. The number of nitrogen functional groups attached to an aromatic ring is 1. The van der Waals surface area contributed by atoms with Gasteiger partial charge in [0.15, 0.2) is 0 Å². The van der Waals surface area contributed by atoms with Gasteiger partial charge in [0.1, 0.15) is 10.6 Å². The maximum atomic E-state index is 12.2. The van der Waals surface area contributed by atoms with E-state index in [1.807, 2.05) is 0 Å². The number of hydrogen-bond donors (Lipinski definition) is 2. The molecule has 2 rings (SSSR count). The zero-order chi connectivity index (χ0) is 13.3. The predicted molar refractivity (Wildman–Crippen MR) is 69.9 cm³/mol. The smallest absolute Gasteiger partial charge is 0.244 e. The van der Waals surface area contributed by atoms with Crippen molar-refractivity contribution in [3.05, 3.63) is 18.2 Å². The Bertz CT molecular complexity index is 542. The number of ether oxygens (including phenoxy) is 1. The first-order valence-electron chi connectivity index (χ1n) is 5.87. The Morgan fingerprint density at radius 2 is 2.17 bits per heavy atom. The molecular weight excluding hydrogens is 252 g/mol. The van der Waals surface area contributed by atoms with E-state index >= 15 is 0 Å². The molecule has 6 heteroatoms. The monoisotopic (exact) mass is 270 g/mol. The van der Waals surface area contributed by atoms with Crippen LogP contribution in [0.5, 0.6) is 5.75 Å². The SMILES string of the molecule is COc1ccc(N)cc1S(=O)(=O)NCC1CC1C. The molecule has 1 aliphatic rings. The zero-order valence-corrected chi connectivity index (χ0v) is 11.3. The summed E-state index contributed by atoms with van der Waals surface area (Å²) in [7, 11) is -2.12. The maximum absolute atomic E-state index is 12.2. The lowest BCUT2D eigenvalue weighted by Gasteiger charge is -2.11. The van der Waals surface area contributed by atoms with Crippen molar-refractivity contribution in [3.8, 4) is 5.75 Å². The molecule has 5 nitrogen and oxygen atoms in total. The molecule has 2 atom stereocenters. The van der Waals surface area contributed by atoms with Gasteiger partial charge in [0.05, 0.1) is 7.11 Å². The topological polar surface area (TPSA) is 81.4 Å². The molecule has 2 unspecified atom stereocenters. The molecule has 0 aliphatic heterocycles. The highest BCUT2D eigenvalue weighted by molar-refractivity contribution is 7.89. The van der Waals surface area contributed by atoms with Crippen molar-refractivity contribution in [2.24, 2.45) is 11.8 Å². The number of methoxy groups -OCH3 is 1. The van der Waals surface area contributed by atoms with Crippen LogP contribution in [0.4, 0.5) is 5.69 Å². The summed E-state index contributed by atoms with van der Waals surface area (Å²) in [6, 6.07) is 4.59.